The van der Waals surface area contributed by atoms with Crippen molar-refractivity contribution in [1.82, 2.24) is 4.31 Å². The van der Waals surface area contributed by atoms with Gasteiger partial charge in [-0.25, -0.2) is 13.2 Å². The summed E-state index contributed by atoms with van der Waals surface area (Å²) >= 11 is 8.31. The topological polar surface area (TPSA) is 92.8 Å². The zero-order valence-corrected chi connectivity index (χ0v) is 20.9. The molecule has 0 radical (unpaired) electrons. The summed E-state index contributed by atoms with van der Waals surface area (Å²) in [6, 6.07) is 2.16. The van der Waals surface area contributed by atoms with Gasteiger partial charge in [0.05, 0.1) is 16.5 Å². The molecule has 2 aromatic heterocycles. The number of amides is 1. The molecule has 1 unspecified atom stereocenters. The minimum atomic E-state index is -3.83. The number of sulfonamides is 1. The molecule has 32 heavy (non-hydrogen) atoms. The molecule has 1 amide bonds. The number of ether oxygens (including phenoxy) is 1. The number of rotatable bonds is 6. The Hall–Kier alpha value is -1.46. The number of fused-ring (bicyclic) bond motifs is 1. The number of aryl methyl sites for hydroxylation is 1. The number of nitrogens with one attached hydrogen (secondary N) is 1. The highest BCUT2D eigenvalue weighted by Gasteiger charge is 2.41. The van der Waals surface area contributed by atoms with Gasteiger partial charge in [-0.15, -0.1) is 22.7 Å². The maximum Gasteiger partial charge on any atom is 0.341 e. The second-order valence-electron chi connectivity index (χ2n) is 7.81. The van der Waals surface area contributed by atoms with Crippen molar-refractivity contribution in [3.8, 4) is 0 Å². The van der Waals surface area contributed by atoms with Gasteiger partial charge >= 0.3 is 5.97 Å². The van der Waals surface area contributed by atoms with E-state index in [0.29, 0.717) is 27.7 Å². The van der Waals surface area contributed by atoms with Gasteiger partial charge in [0.25, 0.3) is 10.0 Å². The smallest absolute Gasteiger partial charge is 0.341 e. The van der Waals surface area contributed by atoms with Crippen LogP contribution in [0.2, 0.25) is 4.34 Å². The number of hydrogen-bond donors (Lipinski definition) is 1. The van der Waals surface area contributed by atoms with Crippen molar-refractivity contribution in [2.45, 2.75) is 62.1 Å². The highest BCUT2D eigenvalue weighted by Crippen LogP contribution is 2.39. The Labute approximate surface area is 200 Å². The van der Waals surface area contributed by atoms with Crippen molar-refractivity contribution in [3.05, 3.63) is 32.5 Å². The van der Waals surface area contributed by atoms with Crippen molar-refractivity contribution in [1.29, 1.82) is 0 Å². The van der Waals surface area contributed by atoms with Crippen LogP contribution in [0, 0.1) is 0 Å². The predicted octanol–water partition coefficient (Wildman–Crippen LogP) is 4.70. The van der Waals surface area contributed by atoms with Gasteiger partial charge in [-0.05, 0) is 63.1 Å². The summed E-state index contributed by atoms with van der Waals surface area (Å²) in [5, 5.41) is 3.34. The third-order valence-corrected chi connectivity index (χ3v) is 10.6. The highest BCUT2D eigenvalue weighted by atomic mass is 35.5. The molecule has 7 nitrogen and oxygen atoms in total. The molecule has 1 saturated heterocycles. The highest BCUT2D eigenvalue weighted by molar-refractivity contribution is 7.91. The minimum absolute atomic E-state index is 0.122. The van der Waals surface area contributed by atoms with E-state index in [1.54, 1.807) is 6.92 Å². The molecular weight excluding hydrogens is 492 g/mol. The van der Waals surface area contributed by atoms with Gasteiger partial charge in [0.15, 0.2) is 0 Å². The van der Waals surface area contributed by atoms with Crippen molar-refractivity contribution in [3.63, 3.8) is 0 Å². The van der Waals surface area contributed by atoms with Gasteiger partial charge < -0.3 is 10.1 Å². The van der Waals surface area contributed by atoms with Crippen molar-refractivity contribution < 1.29 is 22.7 Å². The summed E-state index contributed by atoms with van der Waals surface area (Å²) in [4.78, 5) is 27.1. The average molecular weight is 517 g/mol. The summed E-state index contributed by atoms with van der Waals surface area (Å²) in [6.45, 7) is 2.26. The van der Waals surface area contributed by atoms with E-state index in [-0.39, 0.29) is 17.4 Å². The molecule has 0 aromatic carbocycles. The number of anilines is 1. The quantitative estimate of drug-likeness (QED) is 0.443. The lowest BCUT2D eigenvalue weighted by molar-refractivity contribution is -0.119. The van der Waals surface area contributed by atoms with Gasteiger partial charge in [-0.2, -0.15) is 4.31 Å². The van der Waals surface area contributed by atoms with E-state index in [1.165, 1.54) is 27.8 Å². The maximum atomic E-state index is 13.2. The van der Waals surface area contributed by atoms with Crippen LogP contribution in [0.3, 0.4) is 0 Å². The second kappa shape index (κ2) is 9.80. The summed E-state index contributed by atoms with van der Waals surface area (Å²) in [5.74, 6) is -0.859. The van der Waals surface area contributed by atoms with Crippen LogP contribution in [-0.2, 0) is 32.4 Å². The zero-order chi connectivity index (χ0) is 22.9. The Morgan fingerprint density at radius 3 is 2.69 bits per heavy atom. The van der Waals surface area contributed by atoms with Crippen LogP contribution >= 0.6 is 34.3 Å². The molecule has 0 saturated carbocycles. The van der Waals surface area contributed by atoms with Crippen LogP contribution in [-0.4, -0.2) is 43.8 Å². The number of carbonyl (C=O) groups is 2. The first-order valence-corrected chi connectivity index (χ1v) is 14.2. The van der Waals surface area contributed by atoms with Crippen molar-refractivity contribution in [2.24, 2.45) is 0 Å². The van der Waals surface area contributed by atoms with Gasteiger partial charge in [-0.1, -0.05) is 18.0 Å². The first-order chi connectivity index (χ1) is 15.3. The van der Waals surface area contributed by atoms with E-state index in [9.17, 15) is 18.0 Å². The molecule has 11 heteroatoms. The van der Waals surface area contributed by atoms with Crippen molar-refractivity contribution in [2.75, 3.05) is 18.5 Å². The largest absolute Gasteiger partial charge is 0.462 e. The summed E-state index contributed by atoms with van der Waals surface area (Å²) < 4.78 is 33.2. The molecule has 4 rings (SSSR count). The number of carbonyl (C=O) groups excluding carboxylic acids is 2. The number of esters is 1. The second-order valence-corrected chi connectivity index (χ2v) is 12.7. The van der Waals surface area contributed by atoms with Gasteiger partial charge in [-0.3, -0.25) is 4.79 Å². The SMILES string of the molecule is CCOC(=O)c1c(NC(=O)C2CCCN2S(=O)(=O)c2ccc(Cl)s2)sc2c1CCCCC2. The Morgan fingerprint density at radius 2 is 1.97 bits per heavy atom. The minimum Gasteiger partial charge on any atom is -0.462 e. The monoisotopic (exact) mass is 516 g/mol. The Balaban J connectivity index is 1.61. The van der Waals surface area contributed by atoms with Crippen LogP contribution in [0.25, 0.3) is 0 Å². The van der Waals surface area contributed by atoms with Gasteiger partial charge in [0.1, 0.15) is 15.3 Å². The molecule has 3 heterocycles. The lowest BCUT2D eigenvalue weighted by Crippen LogP contribution is -2.42. The van der Waals surface area contributed by atoms with Gasteiger partial charge in [0, 0.05) is 11.4 Å². The van der Waals surface area contributed by atoms with Crippen molar-refractivity contribution >= 4 is 61.2 Å². The molecule has 1 fully saturated rings. The predicted molar refractivity (Wildman–Crippen MR) is 126 cm³/mol. The van der Waals surface area contributed by atoms with E-state index in [1.807, 2.05) is 0 Å². The first kappa shape index (κ1) is 23.7. The Morgan fingerprint density at radius 1 is 1.19 bits per heavy atom. The van der Waals surface area contributed by atoms with E-state index < -0.39 is 27.9 Å². The third-order valence-electron chi connectivity index (χ3n) is 5.76. The lowest BCUT2D eigenvalue weighted by Gasteiger charge is -2.22. The molecule has 0 bridgehead atoms. The summed E-state index contributed by atoms with van der Waals surface area (Å²) in [6.07, 6.45) is 5.78. The molecule has 1 aliphatic heterocycles. The summed E-state index contributed by atoms with van der Waals surface area (Å²) in [7, 11) is -3.83. The Bertz CT molecular complexity index is 1120. The fraction of sp³-hybridized carbons (Fsp3) is 0.524. The number of hydrogen-bond acceptors (Lipinski definition) is 7. The molecule has 2 aliphatic rings. The third kappa shape index (κ3) is 4.61. The molecular formula is C21H25ClN2O5S3. The molecule has 1 atom stereocenters. The number of halogens is 1. The van der Waals surface area contributed by atoms with Crippen LogP contribution in [0.1, 0.15) is 59.8 Å². The standard InChI is InChI=1S/C21H25ClN2O5S3/c1-2-29-21(26)18-13-7-4-3-5-9-15(13)30-20(18)23-19(25)14-8-6-12-24(14)32(27,28)17-11-10-16(22)31-17/h10-11,14H,2-9,12H2,1H3,(H,23,25). The van der Waals surface area contributed by atoms with Gasteiger partial charge in [0.2, 0.25) is 5.91 Å². The van der Waals surface area contributed by atoms with E-state index in [0.717, 1.165) is 53.9 Å². The molecule has 2 aromatic rings. The Kier molecular flexibility index (Phi) is 7.26. The number of thiophene rings is 2. The van der Waals surface area contributed by atoms with E-state index in [2.05, 4.69) is 5.32 Å². The maximum absolute atomic E-state index is 13.2. The molecule has 1 aliphatic carbocycles. The molecule has 1 N–H and O–H groups in total. The normalized spacial score (nSPS) is 19.4. The molecule has 0 spiro atoms. The van der Waals surface area contributed by atoms with Crippen LogP contribution in [0.5, 0.6) is 0 Å². The van der Waals surface area contributed by atoms with Crippen LogP contribution in [0.4, 0.5) is 5.00 Å². The van der Waals surface area contributed by atoms with E-state index in [4.69, 9.17) is 16.3 Å². The molecule has 174 valence electrons. The van der Waals surface area contributed by atoms with E-state index >= 15 is 0 Å². The lowest BCUT2D eigenvalue weighted by atomic mass is 10.1. The average Bonchev–Trinajstić information content (AvgIpc) is 3.44. The fourth-order valence-electron chi connectivity index (χ4n) is 4.29. The fourth-order valence-corrected chi connectivity index (χ4v) is 8.84. The summed E-state index contributed by atoms with van der Waals surface area (Å²) in [5.41, 5.74) is 1.39. The van der Waals surface area contributed by atoms with Crippen LogP contribution < -0.4 is 5.32 Å². The zero-order valence-electron chi connectivity index (χ0n) is 17.7. The number of nitrogens with zero attached hydrogens (tertiary/aromatic N) is 1. The first-order valence-electron chi connectivity index (χ1n) is 10.7. The van der Waals surface area contributed by atoms with Crippen LogP contribution in [0.15, 0.2) is 16.3 Å².